The molecular formula is C26H36N4O3. The molecule has 5 unspecified atom stereocenters. The smallest absolute Gasteiger partial charge is 0.268 e. The molecule has 3 aliphatic carbocycles. The van der Waals surface area contributed by atoms with Crippen molar-refractivity contribution >= 4 is 17.5 Å². The SMILES string of the molecule is CC(O)CCNC(=O)Cc1cn2c(C(=O)NCC34CC5CCCC(C3)C(C5)C4)cccc2n1. The number of rotatable bonds is 8. The number of aliphatic hydroxyl groups excluding tert-OH is 1. The second-order valence-electron chi connectivity index (χ2n) is 10.9. The highest BCUT2D eigenvalue weighted by atomic mass is 16.3. The molecule has 2 heterocycles. The normalized spacial score (nSPS) is 29.1. The molecule has 0 saturated heterocycles. The Morgan fingerprint density at radius 1 is 1.21 bits per heavy atom. The van der Waals surface area contributed by atoms with Crippen LogP contribution in [0.5, 0.6) is 0 Å². The van der Waals surface area contributed by atoms with E-state index in [4.69, 9.17) is 0 Å². The van der Waals surface area contributed by atoms with E-state index in [2.05, 4.69) is 15.6 Å². The molecular weight excluding hydrogens is 416 g/mol. The first-order chi connectivity index (χ1) is 15.9. The second kappa shape index (κ2) is 9.09. The number of carbonyl (C=O) groups excluding carboxylic acids is 2. The number of carbonyl (C=O) groups is 2. The lowest BCUT2D eigenvalue weighted by atomic mass is 9.69. The molecule has 0 radical (unpaired) electrons. The van der Waals surface area contributed by atoms with E-state index >= 15 is 0 Å². The lowest BCUT2D eigenvalue weighted by Crippen LogP contribution is -2.39. The van der Waals surface area contributed by atoms with Gasteiger partial charge in [-0.1, -0.05) is 25.3 Å². The summed E-state index contributed by atoms with van der Waals surface area (Å²) in [5.41, 5.74) is 2.14. The molecule has 3 N–H and O–H groups in total. The van der Waals surface area contributed by atoms with Gasteiger partial charge >= 0.3 is 0 Å². The van der Waals surface area contributed by atoms with Crippen LogP contribution in [0.25, 0.3) is 5.65 Å². The Morgan fingerprint density at radius 3 is 2.91 bits per heavy atom. The molecule has 2 amide bonds. The van der Waals surface area contributed by atoms with Crippen LogP contribution in [0.1, 0.15) is 74.5 Å². The van der Waals surface area contributed by atoms with Gasteiger partial charge in [-0.05, 0) is 74.3 Å². The molecule has 3 fully saturated rings. The molecule has 7 nitrogen and oxygen atoms in total. The topological polar surface area (TPSA) is 95.7 Å². The van der Waals surface area contributed by atoms with Crippen LogP contribution in [-0.2, 0) is 11.2 Å². The Labute approximate surface area is 195 Å². The van der Waals surface area contributed by atoms with Gasteiger partial charge in [0.15, 0.2) is 0 Å². The minimum Gasteiger partial charge on any atom is -0.393 e. The summed E-state index contributed by atoms with van der Waals surface area (Å²) in [6.45, 7) is 2.90. The standard InChI is InChI=1S/C26H36N4O3/c1-17(31)8-9-27-24(32)11-21-15-30-22(6-3-7-23(30)29-21)25(33)28-16-26-12-18-4-2-5-19(13-26)20(10-18)14-26/h3,6-7,15,17-20,31H,2,4-5,8-14,16H2,1H3,(H,27,32)(H,28,33). The molecule has 5 rings (SSSR count). The number of nitrogens with zero attached hydrogens (tertiary/aromatic N) is 2. The van der Waals surface area contributed by atoms with Gasteiger partial charge in [-0.2, -0.15) is 0 Å². The van der Waals surface area contributed by atoms with Crippen LogP contribution in [-0.4, -0.2) is 45.5 Å². The van der Waals surface area contributed by atoms with E-state index in [0.717, 1.165) is 24.3 Å². The Hall–Kier alpha value is -2.41. The Kier molecular flexibility index (Phi) is 6.16. The molecule has 3 aliphatic rings. The Balaban J connectivity index is 1.24. The number of aromatic nitrogens is 2. The largest absolute Gasteiger partial charge is 0.393 e. The Morgan fingerprint density at radius 2 is 2.06 bits per heavy atom. The number of imidazole rings is 1. The summed E-state index contributed by atoms with van der Waals surface area (Å²) >= 11 is 0. The van der Waals surface area contributed by atoms with Gasteiger partial charge in [0, 0.05) is 19.3 Å². The van der Waals surface area contributed by atoms with Crippen molar-refractivity contribution in [2.75, 3.05) is 13.1 Å². The maximum atomic E-state index is 13.2. The number of aliphatic hydroxyl groups is 1. The third kappa shape index (κ3) is 4.79. The van der Waals surface area contributed by atoms with Crippen LogP contribution in [0.15, 0.2) is 24.4 Å². The van der Waals surface area contributed by atoms with Gasteiger partial charge in [0.25, 0.3) is 5.91 Å². The second-order valence-corrected chi connectivity index (χ2v) is 10.9. The van der Waals surface area contributed by atoms with E-state index in [-0.39, 0.29) is 23.7 Å². The molecule has 0 aliphatic heterocycles. The highest BCUT2D eigenvalue weighted by molar-refractivity contribution is 5.93. The molecule has 3 saturated carbocycles. The summed E-state index contributed by atoms with van der Waals surface area (Å²) < 4.78 is 1.79. The first-order valence-electron chi connectivity index (χ1n) is 12.6. The van der Waals surface area contributed by atoms with Crippen LogP contribution in [0.4, 0.5) is 0 Å². The van der Waals surface area contributed by atoms with Crippen LogP contribution in [0.2, 0.25) is 0 Å². The van der Waals surface area contributed by atoms with Crippen molar-refractivity contribution < 1.29 is 14.7 Å². The van der Waals surface area contributed by atoms with E-state index in [9.17, 15) is 14.7 Å². The third-order valence-electron chi connectivity index (χ3n) is 8.23. The van der Waals surface area contributed by atoms with Crippen molar-refractivity contribution in [2.24, 2.45) is 23.2 Å². The zero-order valence-electron chi connectivity index (χ0n) is 19.6. The third-order valence-corrected chi connectivity index (χ3v) is 8.23. The van der Waals surface area contributed by atoms with Gasteiger partial charge in [0.05, 0.1) is 18.2 Å². The lowest BCUT2D eigenvalue weighted by molar-refractivity contribution is -0.120. The summed E-state index contributed by atoms with van der Waals surface area (Å²) in [6, 6.07) is 5.52. The van der Waals surface area contributed by atoms with Crippen LogP contribution in [0, 0.1) is 23.2 Å². The molecule has 0 spiro atoms. The maximum Gasteiger partial charge on any atom is 0.268 e. The number of hydrogen-bond acceptors (Lipinski definition) is 4. The molecule has 2 aromatic heterocycles. The van der Waals surface area contributed by atoms with Gasteiger partial charge in [0.1, 0.15) is 11.3 Å². The van der Waals surface area contributed by atoms with Crippen molar-refractivity contribution in [3.63, 3.8) is 0 Å². The van der Waals surface area contributed by atoms with Crippen molar-refractivity contribution in [1.82, 2.24) is 20.0 Å². The highest BCUT2D eigenvalue weighted by Crippen LogP contribution is 2.59. The van der Waals surface area contributed by atoms with Gasteiger partial charge in [-0.25, -0.2) is 4.98 Å². The van der Waals surface area contributed by atoms with E-state index in [1.54, 1.807) is 17.5 Å². The van der Waals surface area contributed by atoms with Crippen LogP contribution >= 0.6 is 0 Å². The fourth-order valence-electron chi connectivity index (χ4n) is 6.88. The van der Waals surface area contributed by atoms with Crippen molar-refractivity contribution in [3.8, 4) is 0 Å². The van der Waals surface area contributed by atoms with Crippen LogP contribution in [0.3, 0.4) is 0 Å². The van der Waals surface area contributed by atoms with Crippen molar-refractivity contribution in [1.29, 1.82) is 0 Å². The van der Waals surface area contributed by atoms with E-state index in [1.807, 2.05) is 18.2 Å². The molecule has 2 aromatic rings. The summed E-state index contributed by atoms with van der Waals surface area (Å²) in [5, 5.41) is 15.4. The highest BCUT2D eigenvalue weighted by Gasteiger charge is 2.51. The fourth-order valence-corrected chi connectivity index (χ4v) is 6.88. The number of pyridine rings is 1. The summed E-state index contributed by atoms with van der Waals surface area (Å²) in [5.74, 6) is 2.37. The molecule has 178 valence electrons. The van der Waals surface area contributed by atoms with Crippen molar-refractivity contribution in [3.05, 3.63) is 35.8 Å². The van der Waals surface area contributed by atoms with Gasteiger partial charge in [-0.15, -0.1) is 0 Å². The first-order valence-corrected chi connectivity index (χ1v) is 12.6. The van der Waals surface area contributed by atoms with Gasteiger partial charge < -0.3 is 15.7 Å². The number of hydrogen-bond donors (Lipinski definition) is 3. The number of fused-ring (bicyclic) bond motifs is 3. The minimum atomic E-state index is -0.440. The summed E-state index contributed by atoms with van der Waals surface area (Å²) in [4.78, 5) is 29.9. The molecule has 33 heavy (non-hydrogen) atoms. The maximum absolute atomic E-state index is 13.2. The van der Waals surface area contributed by atoms with Gasteiger partial charge in [0.2, 0.25) is 5.91 Å². The average Bonchev–Trinajstić information content (AvgIpc) is 3.24. The monoisotopic (exact) mass is 452 g/mol. The predicted octanol–water partition coefficient (Wildman–Crippen LogP) is 3.10. The van der Waals surface area contributed by atoms with E-state index in [0.29, 0.717) is 30.0 Å². The van der Waals surface area contributed by atoms with E-state index < -0.39 is 6.10 Å². The van der Waals surface area contributed by atoms with E-state index in [1.165, 1.54) is 44.9 Å². The quantitative estimate of drug-likeness (QED) is 0.574. The summed E-state index contributed by atoms with van der Waals surface area (Å²) in [6.07, 6.45) is 11.4. The molecule has 5 atom stereocenters. The summed E-state index contributed by atoms with van der Waals surface area (Å²) in [7, 11) is 0. The zero-order valence-corrected chi connectivity index (χ0v) is 19.6. The fraction of sp³-hybridized carbons (Fsp3) is 0.654. The predicted molar refractivity (Wildman–Crippen MR) is 126 cm³/mol. The molecule has 0 aromatic carbocycles. The van der Waals surface area contributed by atoms with Gasteiger partial charge in [-0.3, -0.25) is 14.0 Å². The average molecular weight is 453 g/mol. The first kappa shape index (κ1) is 22.4. The Bertz CT molecular complexity index is 1030. The number of amides is 2. The molecule has 7 heteroatoms. The number of nitrogens with one attached hydrogen (secondary N) is 2. The zero-order chi connectivity index (χ0) is 23.0. The van der Waals surface area contributed by atoms with Crippen molar-refractivity contribution in [2.45, 2.75) is 70.8 Å². The minimum absolute atomic E-state index is 0.0699. The van der Waals surface area contributed by atoms with Crippen LogP contribution < -0.4 is 10.6 Å². The lowest BCUT2D eigenvalue weighted by Gasteiger charge is -2.38. The molecule has 3 bridgehead atoms.